The molecule has 0 aliphatic heterocycles. The summed E-state index contributed by atoms with van der Waals surface area (Å²) in [4.78, 5) is 21.7. The monoisotopic (exact) mass is 249 g/mol. The van der Waals surface area contributed by atoms with Gasteiger partial charge in [0.05, 0.1) is 4.92 Å². The number of hydrogen-bond donors (Lipinski definition) is 0. The number of non-ortho nitro benzene ring substituents is 1. The number of aryl methyl sites for hydroxylation is 1. The average Bonchev–Trinajstić information content (AvgIpc) is 2.35. The maximum Gasteiger partial charge on any atom is 0.269 e. The molecular weight excluding hydrogens is 230 g/mol. The van der Waals surface area contributed by atoms with E-state index >= 15 is 0 Å². The van der Waals surface area contributed by atoms with Gasteiger partial charge in [0, 0.05) is 25.0 Å². The van der Waals surface area contributed by atoms with E-state index in [1.807, 2.05) is 20.8 Å². The van der Waals surface area contributed by atoms with Crippen molar-refractivity contribution in [1.29, 1.82) is 0 Å². The van der Waals surface area contributed by atoms with E-state index in [-0.39, 0.29) is 22.3 Å². The van der Waals surface area contributed by atoms with Crippen LogP contribution in [0.4, 0.5) is 5.69 Å². The first-order valence-corrected chi connectivity index (χ1v) is 6.24. The van der Waals surface area contributed by atoms with Crippen molar-refractivity contribution < 1.29 is 9.72 Å². The zero-order valence-corrected chi connectivity index (χ0v) is 11.1. The van der Waals surface area contributed by atoms with Crippen molar-refractivity contribution >= 4 is 11.5 Å². The fourth-order valence-corrected chi connectivity index (χ4v) is 1.91. The van der Waals surface area contributed by atoms with Crippen LogP contribution in [0.25, 0.3) is 0 Å². The van der Waals surface area contributed by atoms with E-state index in [1.165, 1.54) is 6.07 Å². The van der Waals surface area contributed by atoms with Crippen molar-refractivity contribution in [2.24, 2.45) is 0 Å². The molecule has 0 radical (unpaired) electrons. The Balaban J connectivity index is 2.97. The zero-order valence-electron chi connectivity index (χ0n) is 11.1. The number of carbonyl (C=O) groups excluding carboxylic acids is 1. The molecule has 0 unspecified atom stereocenters. The maximum atomic E-state index is 11.3. The van der Waals surface area contributed by atoms with Gasteiger partial charge in [0.1, 0.15) is 5.78 Å². The molecule has 0 aliphatic rings. The highest BCUT2D eigenvalue weighted by atomic mass is 16.6. The van der Waals surface area contributed by atoms with E-state index in [1.54, 1.807) is 12.1 Å². The fraction of sp³-hybridized carbons (Fsp3) is 0.500. The molecule has 4 heteroatoms. The number of nitrogens with zero attached hydrogens (tertiary/aromatic N) is 1. The molecule has 0 heterocycles. The van der Waals surface area contributed by atoms with Crippen LogP contribution in [-0.4, -0.2) is 10.7 Å². The summed E-state index contributed by atoms with van der Waals surface area (Å²) in [6, 6.07) is 4.91. The Bertz CT molecular complexity index is 452. The lowest BCUT2D eigenvalue weighted by Crippen LogP contribution is -2.03. The normalized spacial score (nSPS) is 10.7. The Kier molecular flexibility index (Phi) is 5.01. The molecule has 0 amide bonds. The Morgan fingerprint density at radius 2 is 2.06 bits per heavy atom. The van der Waals surface area contributed by atoms with Crippen LogP contribution in [0.5, 0.6) is 0 Å². The van der Waals surface area contributed by atoms with Crippen LogP contribution >= 0.6 is 0 Å². The van der Waals surface area contributed by atoms with Gasteiger partial charge >= 0.3 is 0 Å². The summed E-state index contributed by atoms with van der Waals surface area (Å²) >= 11 is 0. The van der Waals surface area contributed by atoms with Crippen LogP contribution in [-0.2, 0) is 11.2 Å². The first kappa shape index (κ1) is 14.4. The van der Waals surface area contributed by atoms with Crippen LogP contribution in [0.2, 0.25) is 0 Å². The largest absolute Gasteiger partial charge is 0.300 e. The highest BCUT2D eigenvalue weighted by molar-refractivity contribution is 5.78. The van der Waals surface area contributed by atoms with Crippen molar-refractivity contribution in [3.63, 3.8) is 0 Å². The molecular formula is C14H19NO3. The zero-order chi connectivity index (χ0) is 13.7. The van der Waals surface area contributed by atoms with E-state index < -0.39 is 0 Å². The predicted octanol–water partition coefficient (Wildman–Crippen LogP) is 3.63. The maximum absolute atomic E-state index is 11.3. The van der Waals surface area contributed by atoms with Crippen molar-refractivity contribution in [2.45, 2.75) is 46.0 Å². The Morgan fingerprint density at radius 1 is 1.39 bits per heavy atom. The van der Waals surface area contributed by atoms with Crippen LogP contribution in [0.1, 0.15) is 50.7 Å². The number of ketones is 1. The quantitative estimate of drug-likeness (QED) is 0.571. The number of carbonyl (C=O) groups is 1. The van der Waals surface area contributed by atoms with Gasteiger partial charge in [-0.05, 0) is 23.5 Å². The summed E-state index contributed by atoms with van der Waals surface area (Å²) in [6.45, 7) is 5.86. The Hall–Kier alpha value is -1.71. The van der Waals surface area contributed by atoms with Gasteiger partial charge in [0.25, 0.3) is 5.69 Å². The summed E-state index contributed by atoms with van der Waals surface area (Å²) in [7, 11) is 0. The number of rotatable bonds is 6. The summed E-state index contributed by atoms with van der Waals surface area (Å²) < 4.78 is 0. The second-order valence-corrected chi connectivity index (χ2v) is 4.69. The van der Waals surface area contributed by atoms with Gasteiger partial charge < -0.3 is 0 Å². The fourth-order valence-electron chi connectivity index (χ4n) is 1.91. The predicted molar refractivity (Wildman–Crippen MR) is 70.8 cm³/mol. The molecule has 0 saturated heterocycles. The van der Waals surface area contributed by atoms with E-state index in [0.29, 0.717) is 19.3 Å². The third-order valence-corrected chi connectivity index (χ3v) is 3.03. The van der Waals surface area contributed by atoms with Crippen molar-refractivity contribution in [2.75, 3.05) is 0 Å². The van der Waals surface area contributed by atoms with Crippen LogP contribution in [0.3, 0.4) is 0 Å². The molecule has 0 aliphatic carbocycles. The minimum absolute atomic E-state index is 0.115. The lowest BCUT2D eigenvalue weighted by atomic mass is 9.93. The van der Waals surface area contributed by atoms with E-state index in [4.69, 9.17) is 0 Å². The van der Waals surface area contributed by atoms with Gasteiger partial charge in [-0.25, -0.2) is 0 Å². The van der Waals surface area contributed by atoms with Gasteiger partial charge in [-0.1, -0.05) is 26.8 Å². The summed E-state index contributed by atoms with van der Waals surface area (Å²) in [6.07, 6.45) is 1.72. The lowest BCUT2D eigenvalue weighted by Gasteiger charge is -2.12. The first-order valence-electron chi connectivity index (χ1n) is 6.24. The van der Waals surface area contributed by atoms with Gasteiger partial charge in [-0.2, -0.15) is 0 Å². The summed E-state index contributed by atoms with van der Waals surface area (Å²) in [5, 5.41) is 10.8. The van der Waals surface area contributed by atoms with Gasteiger partial charge in [0.2, 0.25) is 0 Å². The molecule has 0 saturated carbocycles. The molecule has 0 atom stereocenters. The Morgan fingerprint density at radius 3 is 2.56 bits per heavy atom. The molecule has 98 valence electrons. The molecule has 0 aromatic heterocycles. The van der Waals surface area contributed by atoms with Crippen molar-refractivity contribution in [3.05, 3.63) is 39.4 Å². The molecule has 4 nitrogen and oxygen atoms in total. The second kappa shape index (κ2) is 6.28. The third-order valence-electron chi connectivity index (χ3n) is 3.03. The SMILES string of the molecule is CCC(=O)CCc1ccc([N+](=O)[O-])cc1C(C)C. The van der Waals surface area contributed by atoms with Gasteiger partial charge in [-0.15, -0.1) is 0 Å². The highest BCUT2D eigenvalue weighted by Crippen LogP contribution is 2.25. The second-order valence-electron chi connectivity index (χ2n) is 4.69. The van der Waals surface area contributed by atoms with E-state index in [0.717, 1.165) is 11.1 Å². The van der Waals surface area contributed by atoms with Crippen molar-refractivity contribution in [3.8, 4) is 0 Å². The molecule has 1 rings (SSSR count). The molecule has 18 heavy (non-hydrogen) atoms. The minimum atomic E-state index is -0.382. The van der Waals surface area contributed by atoms with Gasteiger partial charge in [-0.3, -0.25) is 14.9 Å². The minimum Gasteiger partial charge on any atom is -0.300 e. The molecule has 1 aromatic carbocycles. The number of Topliss-reactive ketones (excluding diaryl/α,β-unsaturated/α-hetero) is 1. The third kappa shape index (κ3) is 3.65. The smallest absolute Gasteiger partial charge is 0.269 e. The van der Waals surface area contributed by atoms with E-state index in [2.05, 4.69) is 0 Å². The molecule has 0 fully saturated rings. The van der Waals surface area contributed by atoms with Gasteiger partial charge in [0.15, 0.2) is 0 Å². The van der Waals surface area contributed by atoms with E-state index in [9.17, 15) is 14.9 Å². The van der Waals surface area contributed by atoms with Crippen LogP contribution in [0.15, 0.2) is 18.2 Å². The molecule has 0 spiro atoms. The Labute approximate surface area is 107 Å². The molecule has 0 bridgehead atoms. The lowest BCUT2D eigenvalue weighted by molar-refractivity contribution is -0.384. The number of hydrogen-bond acceptors (Lipinski definition) is 3. The number of benzene rings is 1. The number of nitro groups is 1. The molecule has 1 aromatic rings. The van der Waals surface area contributed by atoms with Crippen molar-refractivity contribution in [1.82, 2.24) is 0 Å². The molecule has 0 N–H and O–H groups in total. The number of nitro benzene ring substituents is 1. The topological polar surface area (TPSA) is 60.2 Å². The summed E-state index contributed by atoms with van der Waals surface area (Å²) in [5.74, 6) is 0.444. The van der Waals surface area contributed by atoms with Crippen LogP contribution in [0, 0.1) is 10.1 Å². The highest BCUT2D eigenvalue weighted by Gasteiger charge is 2.13. The standard InChI is InChI=1S/C14H19NO3/c1-4-13(16)8-6-11-5-7-12(15(17)18)9-14(11)10(2)3/h5,7,9-10H,4,6,8H2,1-3H3. The van der Waals surface area contributed by atoms with Crippen LogP contribution < -0.4 is 0 Å². The first-order chi connectivity index (χ1) is 8.45. The summed E-state index contributed by atoms with van der Waals surface area (Å²) in [5.41, 5.74) is 2.12. The average molecular weight is 249 g/mol.